The van der Waals surface area contributed by atoms with Gasteiger partial charge >= 0.3 is 0 Å². The van der Waals surface area contributed by atoms with Crippen LogP contribution in [-0.4, -0.2) is 32.2 Å². The first-order chi connectivity index (χ1) is 8.80. The van der Waals surface area contributed by atoms with E-state index in [4.69, 9.17) is 15.9 Å². The number of methoxy groups -OCH3 is 2. The second kappa shape index (κ2) is 5.79. The van der Waals surface area contributed by atoms with Gasteiger partial charge in [-0.3, -0.25) is 4.90 Å². The van der Waals surface area contributed by atoms with Crippen LogP contribution in [0, 0.1) is 12.3 Å². The van der Waals surface area contributed by atoms with Crippen LogP contribution in [0.25, 0.3) is 0 Å². The Morgan fingerprint density at radius 1 is 1.33 bits per heavy atom. The van der Waals surface area contributed by atoms with E-state index in [1.54, 1.807) is 14.2 Å². The molecule has 3 nitrogen and oxygen atoms in total. The summed E-state index contributed by atoms with van der Waals surface area (Å²) in [6.07, 6.45) is 7.76. The molecule has 0 aliphatic carbocycles. The lowest BCUT2D eigenvalue weighted by Gasteiger charge is -2.23. The molecule has 18 heavy (non-hydrogen) atoms. The van der Waals surface area contributed by atoms with Crippen LogP contribution in [0.4, 0.5) is 0 Å². The van der Waals surface area contributed by atoms with Crippen LogP contribution in [0.5, 0.6) is 11.5 Å². The van der Waals surface area contributed by atoms with E-state index >= 15 is 0 Å². The summed E-state index contributed by atoms with van der Waals surface area (Å²) in [5.74, 6) is 4.28. The number of rotatable bonds is 4. The Balaban J connectivity index is 2.25. The number of nitrogens with zero attached hydrogens (tertiary/aromatic N) is 1. The highest BCUT2D eigenvalue weighted by molar-refractivity contribution is 5.44. The van der Waals surface area contributed by atoms with Gasteiger partial charge in [-0.2, -0.15) is 0 Å². The van der Waals surface area contributed by atoms with Gasteiger partial charge in [0.25, 0.3) is 0 Å². The van der Waals surface area contributed by atoms with Crippen molar-refractivity contribution >= 4 is 0 Å². The van der Waals surface area contributed by atoms with Crippen molar-refractivity contribution in [1.29, 1.82) is 0 Å². The van der Waals surface area contributed by atoms with Crippen molar-refractivity contribution in [3.8, 4) is 23.8 Å². The molecule has 1 saturated heterocycles. The lowest BCUT2D eigenvalue weighted by atomic mass is 10.0. The monoisotopic (exact) mass is 245 g/mol. The summed E-state index contributed by atoms with van der Waals surface area (Å²) in [6.45, 7) is 1.78. The molecular formula is C15H19NO2. The zero-order valence-corrected chi connectivity index (χ0v) is 11.0. The average molecular weight is 245 g/mol. The SMILES string of the molecule is C#CCN1CCC[C@@H]1c1ccc(OC)c(OC)c1. The first-order valence-corrected chi connectivity index (χ1v) is 6.19. The van der Waals surface area contributed by atoms with Gasteiger partial charge in [0.05, 0.1) is 20.8 Å². The van der Waals surface area contributed by atoms with Crippen LogP contribution < -0.4 is 9.47 Å². The topological polar surface area (TPSA) is 21.7 Å². The molecule has 3 heteroatoms. The summed E-state index contributed by atoms with van der Waals surface area (Å²) in [6, 6.07) is 6.51. The Morgan fingerprint density at radius 3 is 2.78 bits per heavy atom. The Hall–Kier alpha value is -1.66. The highest BCUT2D eigenvalue weighted by Crippen LogP contribution is 2.36. The maximum atomic E-state index is 5.41. The molecule has 1 aromatic rings. The maximum absolute atomic E-state index is 5.41. The summed E-state index contributed by atoms with van der Waals surface area (Å²) in [7, 11) is 3.31. The molecule has 2 rings (SSSR count). The normalized spacial score (nSPS) is 19.5. The molecule has 0 bridgehead atoms. The van der Waals surface area contributed by atoms with Gasteiger partial charge in [0.1, 0.15) is 0 Å². The van der Waals surface area contributed by atoms with Crippen molar-refractivity contribution in [1.82, 2.24) is 4.90 Å². The number of benzene rings is 1. The van der Waals surface area contributed by atoms with Gasteiger partial charge in [0.2, 0.25) is 0 Å². The van der Waals surface area contributed by atoms with Gasteiger partial charge in [-0.1, -0.05) is 12.0 Å². The molecule has 1 aromatic carbocycles. The third kappa shape index (κ3) is 2.44. The average Bonchev–Trinajstić information content (AvgIpc) is 2.86. The molecule has 0 spiro atoms. The summed E-state index contributed by atoms with van der Waals surface area (Å²) >= 11 is 0. The van der Waals surface area contributed by atoms with Crippen molar-refractivity contribution < 1.29 is 9.47 Å². The fraction of sp³-hybridized carbons (Fsp3) is 0.467. The van der Waals surface area contributed by atoms with Gasteiger partial charge in [-0.25, -0.2) is 0 Å². The van der Waals surface area contributed by atoms with E-state index in [2.05, 4.69) is 23.0 Å². The molecule has 0 amide bonds. The van der Waals surface area contributed by atoms with Crippen molar-refractivity contribution in [3.05, 3.63) is 23.8 Å². The van der Waals surface area contributed by atoms with Gasteiger partial charge < -0.3 is 9.47 Å². The third-order valence-electron chi connectivity index (χ3n) is 3.45. The van der Waals surface area contributed by atoms with Crippen molar-refractivity contribution in [3.63, 3.8) is 0 Å². The highest BCUT2D eigenvalue weighted by Gasteiger charge is 2.25. The van der Waals surface area contributed by atoms with E-state index in [0.29, 0.717) is 12.6 Å². The second-order valence-electron chi connectivity index (χ2n) is 4.45. The van der Waals surface area contributed by atoms with E-state index in [1.807, 2.05) is 6.07 Å². The number of hydrogen-bond donors (Lipinski definition) is 0. The minimum atomic E-state index is 0.404. The highest BCUT2D eigenvalue weighted by atomic mass is 16.5. The Labute approximate surface area is 109 Å². The molecule has 1 aliphatic heterocycles. The Kier molecular flexibility index (Phi) is 4.11. The molecule has 1 atom stereocenters. The number of ether oxygens (including phenoxy) is 2. The van der Waals surface area contributed by atoms with Crippen molar-refractivity contribution in [2.45, 2.75) is 18.9 Å². The van der Waals surface area contributed by atoms with Crippen LogP contribution >= 0.6 is 0 Å². The standard InChI is InChI=1S/C15H19NO2/c1-4-9-16-10-5-6-13(16)12-7-8-14(17-2)15(11-12)18-3/h1,7-8,11,13H,5-6,9-10H2,2-3H3/t13-/m1/s1. The summed E-state index contributed by atoms with van der Waals surface area (Å²) in [5.41, 5.74) is 1.25. The molecule has 0 aromatic heterocycles. The predicted molar refractivity (Wildman–Crippen MR) is 71.9 cm³/mol. The molecule has 0 N–H and O–H groups in total. The molecule has 0 saturated carbocycles. The van der Waals surface area contributed by atoms with Crippen LogP contribution in [0.3, 0.4) is 0 Å². The van der Waals surface area contributed by atoms with Gasteiger partial charge in [0.15, 0.2) is 11.5 Å². The quantitative estimate of drug-likeness (QED) is 0.761. The molecule has 0 unspecified atom stereocenters. The Bertz CT molecular complexity index is 450. The third-order valence-corrected chi connectivity index (χ3v) is 3.45. The predicted octanol–water partition coefficient (Wildman–Crippen LogP) is 2.47. The van der Waals surface area contributed by atoms with Gasteiger partial charge in [-0.15, -0.1) is 6.42 Å². The minimum Gasteiger partial charge on any atom is -0.493 e. The molecule has 0 radical (unpaired) electrons. The summed E-state index contributed by atoms with van der Waals surface area (Å²) in [5, 5.41) is 0. The first kappa shape index (κ1) is 12.8. The van der Waals surface area contributed by atoms with E-state index in [-0.39, 0.29) is 0 Å². The zero-order chi connectivity index (χ0) is 13.0. The van der Waals surface area contributed by atoms with Crippen LogP contribution in [0.1, 0.15) is 24.4 Å². The van der Waals surface area contributed by atoms with E-state index in [1.165, 1.54) is 12.0 Å². The second-order valence-corrected chi connectivity index (χ2v) is 4.45. The van der Waals surface area contributed by atoms with E-state index in [9.17, 15) is 0 Å². The zero-order valence-electron chi connectivity index (χ0n) is 11.0. The summed E-state index contributed by atoms with van der Waals surface area (Å²) in [4.78, 5) is 2.33. The number of terminal acetylenes is 1. The van der Waals surface area contributed by atoms with Crippen LogP contribution in [0.15, 0.2) is 18.2 Å². The van der Waals surface area contributed by atoms with Gasteiger partial charge in [-0.05, 0) is 37.1 Å². The first-order valence-electron chi connectivity index (χ1n) is 6.19. The fourth-order valence-corrected chi connectivity index (χ4v) is 2.57. The minimum absolute atomic E-state index is 0.404. The van der Waals surface area contributed by atoms with Crippen LogP contribution in [-0.2, 0) is 0 Å². The number of hydrogen-bond acceptors (Lipinski definition) is 3. The summed E-state index contributed by atoms with van der Waals surface area (Å²) < 4.78 is 10.6. The van der Waals surface area contributed by atoms with E-state index in [0.717, 1.165) is 24.5 Å². The lowest BCUT2D eigenvalue weighted by Crippen LogP contribution is -2.23. The maximum Gasteiger partial charge on any atom is 0.161 e. The molecule has 96 valence electrons. The van der Waals surface area contributed by atoms with Crippen molar-refractivity contribution in [2.75, 3.05) is 27.3 Å². The molecular weight excluding hydrogens is 226 g/mol. The Morgan fingerprint density at radius 2 is 2.11 bits per heavy atom. The smallest absolute Gasteiger partial charge is 0.161 e. The van der Waals surface area contributed by atoms with Crippen molar-refractivity contribution in [2.24, 2.45) is 0 Å². The fourth-order valence-electron chi connectivity index (χ4n) is 2.57. The molecule has 1 fully saturated rings. The van der Waals surface area contributed by atoms with Crippen LogP contribution in [0.2, 0.25) is 0 Å². The number of likely N-dealkylation sites (tertiary alicyclic amines) is 1. The van der Waals surface area contributed by atoms with E-state index < -0.39 is 0 Å². The molecule has 1 aliphatic rings. The largest absolute Gasteiger partial charge is 0.493 e. The van der Waals surface area contributed by atoms with Gasteiger partial charge in [0, 0.05) is 6.04 Å². The molecule has 1 heterocycles. The lowest BCUT2D eigenvalue weighted by molar-refractivity contribution is 0.288.